The molecule has 0 aliphatic heterocycles. The number of benzene rings is 1. The van der Waals surface area contributed by atoms with Gasteiger partial charge in [0.25, 0.3) is 0 Å². The molecule has 1 aromatic carbocycles. The summed E-state index contributed by atoms with van der Waals surface area (Å²) < 4.78 is 0. The van der Waals surface area contributed by atoms with E-state index in [0.717, 1.165) is 16.7 Å². The van der Waals surface area contributed by atoms with Crippen molar-refractivity contribution in [1.82, 2.24) is 4.98 Å². The standard InChI is InChI=1S/C14H12N2/c1-10-4-3-5-12(6-10)13-7-11(2)14(8-15)16-9-13/h3-7,9H,1-2H3. The number of rotatable bonds is 1. The van der Waals surface area contributed by atoms with Crippen LogP contribution in [0.2, 0.25) is 0 Å². The zero-order chi connectivity index (χ0) is 11.5. The van der Waals surface area contributed by atoms with E-state index >= 15 is 0 Å². The maximum atomic E-state index is 8.81. The van der Waals surface area contributed by atoms with Crippen LogP contribution < -0.4 is 0 Å². The SMILES string of the molecule is Cc1cccc(-c2cnc(C#N)c(C)c2)c1. The van der Waals surface area contributed by atoms with Crippen LogP contribution in [0.1, 0.15) is 16.8 Å². The topological polar surface area (TPSA) is 36.7 Å². The number of hydrogen-bond acceptors (Lipinski definition) is 2. The van der Waals surface area contributed by atoms with E-state index in [1.807, 2.05) is 19.1 Å². The van der Waals surface area contributed by atoms with E-state index in [1.165, 1.54) is 5.56 Å². The Kier molecular flexibility index (Phi) is 2.70. The zero-order valence-electron chi connectivity index (χ0n) is 9.36. The third-order valence-electron chi connectivity index (χ3n) is 2.54. The van der Waals surface area contributed by atoms with Crippen molar-refractivity contribution in [1.29, 1.82) is 5.26 Å². The largest absolute Gasteiger partial charge is 0.245 e. The van der Waals surface area contributed by atoms with Crippen LogP contribution in [0.5, 0.6) is 0 Å². The van der Waals surface area contributed by atoms with Gasteiger partial charge < -0.3 is 0 Å². The first-order chi connectivity index (χ1) is 7.70. The summed E-state index contributed by atoms with van der Waals surface area (Å²) in [6.07, 6.45) is 1.75. The maximum Gasteiger partial charge on any atom is 0.143 e. The van der Waals surface area contributed by atoms with Crippen LogP contribution >= 0.6 is 0 Å². The molecule has 2 nitrogen and oxygen atoms in total. The Morgan fingerprint density at radius 1 is 1.12 bits per heavy atom. The van der Waals surface area contributed by atoms with E-state index < -0.39 is 0 Å². The third kappa shape index (κ3) is 1.94. The highest BCUT2D eigenvalue weighted by Gasteiger charge is 2.02. The summed E-state index contributed by atoms with van der Waals surface area (Å²) in [5.41, 5.74) is 4.83. The van der Waals surface area contributed by atoms with Crippen molar-refractivity contribution in [3.63, 3.8) is 0 Å². The molecule has 0 spiro atoms. The molecule has 16 heavy (non-hydrogen) atoms. The fourth-order valence-corrected chi connectivity index (χ4v) is 1.67. The highest BCUT2D eigenvalue weighted by atomic mass is 14.7. The van der Waals surface area contributed by atoms with Gasteiger partial charge in [0, 0.05) is 11.8 Å². The molecule has 0 radical (unpaired) electrons. The van der Waals surface area contributed by atoms with Crippen LogP contribution in [0, 0.1) is 25.2 Å². The molecule has 2 rings (SSSR count). The van der Waals surface area contributed by atoms with Gasteiger partial charge in [0.1, 0.15) is 11.8 Å². The van der Waals surface area contributed by atoms with Gasteiger partial charge in [0.2, 0.25) is 0 Å². The van der Waals surface area contributed by atoms with Crippen LogP contribution in [0.4, 0.5) is 0 Å². The molecule has 0 N–H and O–H groups in total. The number of pyridine rings is 1. The smallest absolute Gasteiger partial charge is 0.143 e. The minimum Gasteiger partial charge on any atom is -0.245 e. The van der Waals surface area contributed by atoms with Crippen molar-refractivity contribution in [2.45, 2.75) is 13.8 Å². The fourth-order valence-electron chi connectivity index (χ4n) is 1.67. The van der Waals surface area contributed by atoms with Crippen molar-refractivity contribution in [3.8, 4) is 17.2 Å². The van der Waals surface area contributed by atoms with Crippen molar-refractivity contribution in [3.05, 3.63) is 53.3 Å². The van der Waals surface area contributed by atoms with E-state index in [2.05, 4.69) is 36.2 Å². The van der Waals surface area contributed by atoms with Crippen LogP contribution in [0.15, 0.2) is 36.5 Å². The molecule has 0 bridgehead atoms. The molecule has 2 aromatic rings. The highest BCUT2D eigenvalue weighted by molar-refractivity contribution is 5.64. The summed E-state index contributed by atoms with van der Waals surface area (Å²) in [4.78, 5) is 4.14. The molecule has 0 aliphatic rings. The lowest BCUT2D eigenvalue weighted by atomic mass is 10.0. The Labute approximate surface area is 95.2 Å². The molecular weight excluding hydrogens is 196 g/mol. The zero-order valence-corrected chi connectivity index (χ0v) is 9.36. The molecule has 0 amide bonds. The Bertz CT molecular complexity index is 565. The second-order valence-electron chi connectivity index (χ2n) is 3.87. The monoisotopic (exact) mass is 208 g/mol. The lowest BCUT2D eigenvalue weighted by Crippen LogP contribution is -1.89. The first kappa shape index (κ1) is 10.4. The molecule has 0 aliphatic carbocycles. The maximum absolute atomic E-state index is 8.81. The van der Waals surface area contributed by atoms with Gasteiger partial charge in [-0.2, -0.15) is 5.26 Å². The highest BCUT2D eigenvalue weighted by Crippen LogP contribution is 2.21. The molecule has 0 fully saturated rings. The number of hydrogen-bond donors (Lipinski definition) is 0. The summed E-state index contributed by atoms with van der Waals surface area (Å²) in [5, 5.41) is 8.81. The molecule has 0 saturated carbocycles. The van der Waals surface area contributed by atoms with Gasteiger partial charge in [0.15, 0.2) is 0 Å². The summed E-state index contributed by atoms with van der Waals surface area (Å²) in [7, 11) is 0. The Morgan fingerprint density at radius 2 is 1.94 bits per heavy atom. The molecule has 0 unspecified atom stereocenters. The minimum atomic E-state index is 0.497. The van der Waals surface area contributed by atoms with Crippen LogP contribution in [0.25, 0.3) is 11.1 Å². The molecule has 2 heteroatoms. The molecule has 1 aromatic heterocycles. The number of nitrogens with zero attached hydrogens (tertiary/aromatic N) is 2. The second kappa shape index (κ2) is 4.16. The number of nitriles is 1. The van der Waals surface area contributed by atoms with Crippen molar-refractivity contribution in [2.24, 2.45) is 0 Å². The van der Waals surface area contributed by atoms with Gasteiger partial charge in [-0.3, -0.25) is 0 Å². The predicted molar refractivity (Wildman–Crippen MR) is 63.9 cm³/mol. The van der Waals surface area contributed by atoms with E-state index in [1.54, 1.807) is 6.20 Å². The second-order valence-corrected chi connectivity index (χ2v) is 3.87. The average Bonchev–Trinajstić information content (AvgIpc) is 2.29. The predicted octanol–water partition coefficient (Wildman–Crippen LogP) is 3.24. The lowest BCUT2D eigenvalue weighted by Gasteiger charge is -2.04. The van der Waals surface area contributed by atoms with Gasteiger partial charge >= 0.3 is 0 Å². The van der Waals surface area contributed by atoms with Gasteiger partial charge in [-0.1, -0.05) is 29.8 Å². The van der Waals surface area contributed by atoms with Crippen LogP contribution in [-0.2, 0) is 0 Å². The third-order valence-corrected chi connectivity index (χ3v) is 2.54. The average molecular weight is 208 g/mol. The summed E-state index contributed by atoms with van der Waals surface area (Å²) in [5.74, 6) is 0. The van der Waals surface area contributed by atoms with E-state index in [9.17, 15) is 0 Å². The van der Waals surface area contributed by atoms with Gasteiger partial charge in [-0.05, 0) is 31.0 Å². The Hall–Kier alpha value is -2.14. The summed E-state index contributed by atoms with van der Waals surface area (Å²) >= 11 is 0. The van der Waals surface area contributed by atoms with Crippen molar-refractivity contribution >= 4 is 0 Å². The van der Waals surface area contributed by atoms with Gasteiger partial charge in [-0.25, -0.2) is 4.98 Å². The normalized spacial score (nSPS) is 9.81. The molecule has 78 valence electrons. The van der Waals surface area contributed by atoms with E-state index in [-0.39, 0.29) is 0 Å². The quantitative estimate of drug-likeness (QED) is 0.721. The summed E-state index contributed by atoms with van der Waals surface area (Å²) in [6.45, 7) is 3.97. The molecule has 1 heterocycles. The van der Waals surface area contributed by atoms with Gasteiger partial charge in [-0.15, -0.1) is 0 Å². The minimum absolute atomic E-state index is 0.497. The number of aromatic nitrogens is 1. The van der Waals surface area contributed by atoms with E-state index in [4.69, 9.17) is 5.26 Å². The molecular formula is C14H12N2. The molecule has 0 atom stereocenters. The van der Waals surface area contributed by atoms with Crippen molar-refractivity contribution < 1.29 is 0 Å². The van der Waals surface area contributed by atoms with Crippen LogP contribution in [0.3, 0.4) is 0 Å². The Morgan fingerprint density at radius 3 is 2.56 bits per heavy atom. The van der Waals surface area contributed by atoms with Crippen LogP contribution in [-0.4, -0.2) is 4.98 Å². The van der Waals surface area contributed by atoms with Gasteiger partial charge in [0.05, 0.1) is 0 Å². The first-order valence-electron chi connectivity index (χ1n) is 5.14. The summed E-state index contributed by atoms with van der Waals surface area (Å²) in [6, 6.07) is 12.3. The van der Waals surface area contributed by atoms with E-state index in [0.29, 0.717) is 5.69 Å². The number of aryl methyl sites for hydroxylation is 2. The molecule has 0 saturated heterocycles. The first-order valence-corrected chi connectivity index (χ1v) is 5.14. The Balaban J connectivity index is 2.50. The fraction of sp³-hybridized carbons (Fsp3) is 0.143. The van der Waals surface area contributed by atoms with Crippen molar-refractivity contribution in [2.75, 3.05) is 0 Å². The lowest BCUT2D eigenvalue weighted by molar-refractivity contribution is 1.21.